The molecule has 0 aliphatic carbocycles. The summed E-state index contributed by atoms with van der Waals surface area (Å²) in [7, 11) is 1.64. The van der Waals surface area contributed by atoms with Crippen molar-refractivity contribution in [3.8, 4) is 34.1 Å². The molecule has 8 heteroatoms. The first-order valence-corrected chi connectivity index (χ1v) is 12.1. The highest BCUT2D eigenvalue weighted by Crippen LogP contribution is 2.38. The number of nitrogens with zero attached hydrogens (tertiary/aromatic N) is 3. The van der Waals surface area contributed by atoms with Crippen molar-refractivity contribution < 1.29 is 23.9 Å². The third-order valence-electron chi connectivity index (χ3n) is 6.13. The molecule has 0 atom stereocenters. The second-order valence-electron chi connectivity index (χ2n) is 8.91. The van der Waals surface area contributed by atoms with Gasteiger partial charge < -0.3 is 18.8 Å². The summed E-state index contributed by atoms with van der Waals surface area (Å²) in [4.78, 5) is 18.9. The molecule has 2 amide bonds. The van der Waals surface area contributed by atoms with Crippen LogP contribution in [0.3, 0.4) is 0 Å². The summed E-state index contributed by atoms with van der Waals surface area (Å²) in [6.45, 7) is 7.07. The molecule has 0 radical (unpaired) electrons. The summed E-state index contributed by atoms with van der Waals surface area (Å²) in [5.41, 5.74) is 2.62. The number of urea groups is 1. The van der Waals surface area contributed by atoms with E-state index in [1.807, 2.05) is 62.4 Å². The molecule has 1 aromatic heterocycles. The van der Waals surface area contributed by atoms with E-state index in [4.69, 9.17) is 18.9 Å². The Morgan fingerprint density at radius 3 is 2.26 bits per heavy atom. The van der Waals surface area contributed by atoms with Crippen LogP contribution in [-0.4, -0.2) is 59.0 Å². The van der Waals surface area contributed by atoms with E-state index in [1.165, 1.54) is 0 Å². The van der Waals surface area contributed by atoms with Crippen LogP contribution in [0.2, 0.25) is 0 Å². The number of ether oxygens (including phenoxy) is 2. The van der Waals surface area contributed by atoms with Gasteiger partial charge in [0.1, 0.15) is 17.2 Å². The van der Waals surface area contributed by atoms with Gasteiger partial charge in [0.15, 0.2) is 11.7 Å². The Morgan fingerprint density at radius 1 is 1.09 bits per heavy atom. The van der Waals surface area contributed by atoms with Crippen LogP contribution in [-0.2, 0) is 0 Å². The molecule has 1 aliphatic rings. The molecule has 0 saturated carbocycles. The predicted molar refractivity (Wildman–Crippen MR) is 133 cm³/mol. The van der Waals surface area contributed by atoms with Gasteiger partial charge in [-0.2, -0.15) is 0 Å². The first-order chi connectivity index (χ1) is 16.9. The molecule has 35 heavy (non-hydrogen) atoms. The molecule has 186 valence electrons. The van der Waals surface area contributed by atoms with Crippen LogP contribution in [0.5, 0.6) is 11.5 Å². The van der Waals surface area contributed by atoms with E-state index in [9.17, 15) is 10.0 Å². The highest BCUT2D eigenvalue weighted by molar-refractivity contribution is 5.77. The van der Waals surface area contributed by atoms with Crippen LogP contribution in [0, 0.1) is 0 Å². The van der Waals surface area contributed by atoms with Crippen LogP contribution in [0.25, 0.3) is 22.6 Å². The van der Waals surface area contributed by atoms with E-state index >= 15 is 0 Å². The number of rotatable bonds is 7. The zero-order valence-electron chi connectivity index (χ0n) is 20.7. The summed E-state index contributed by atoms with van der Waals surface area (Å²) in [5.74, 6) is 3.03. The predicted octanol–water partition coefficient (Wildman–Crippen LogP) is 5.81. The molecule has 1 fully saturated rings. The highest BCUT2D eigenvalue weighted by Gasteiger charge is 2.30. The fourth-order valence-corrected chi connectivity index (χ4v) is 4.22. The van der Waals surface area contributed by atoms with Gasteiger partial charge >= 0.3 is 6.03 Å². The second kappa shape index (κ2) is 10.8. The number of methoxy groups -OCH3 is 1. The Balaban J connectivity index is 1.62. The average molecular weight is 480 g/mol. The number of hydroxylamine groups is 2. The Bertz CT molecular complexity index is 1120. The molecule has 3 aromatic rings. The zero-order valence-corrected chi connectivity index (χ0v) is 20.7. The number of likely N-dealkylation sites (tertiary alicyclic amines) is 1. The normalized spacial score (nSPS) is 14.3. The van der Waals surface area contributed by atoms with Crippen molar-refractivity contribution in [2.45, 2.75) is 45.6 Å². The fraction of sp³-hybridized carbons (Fsp3) is 0.407. The maximum Gasteiger partial charge on any atom is 0.343 e. The summed E-state index contributed by atoms with van der Waals surface area (Å²) in [6, 6.07) is 15.2. The molecule has 8 nitrogen and oxygen atoms in total. The number of oxazole rings is 1. The maximum atomic E-state index is 12.3. The summed E-state index contributed by atoms with van der Waals surface area (Å²) in [5, 5.41) is 10.5. The van der Waals surface area contributed by atoms with E-state index in [0.29, 0.717) is 37.6 Å². The molecule has 2 heterocycles. The van der Waals surface area contributed by atoms with Gasteiger partial charge in [-0.3, -0.25) is 5.21 Å². The maximum absolute atomic E-state index is 12.3. The van der Waals surface area contributed by atoms with Crippen molar-refractivity contribution in [2.75, 3.05) is 26.7 Å². The summed E-state index contributed by atoms with van der Waals surface area (Å²) < 4.78 is 17.5. The lowest BCUT2D eigenvalue weighted by molar-refractivity contribution is -0.0543. The third-order valence-corrected chi connectivity index (χ3v) is 6.13. The van der Waals surface area contributed by atoms with Crippen LogP contribution in [0.15, 0.2) is 52.9 Å². The van der Waals surface area contributed by atoms with E-state index in [0.717, 1.165) is 33.4 Å². The number of aromatic nitrogens is 1. The number of carbonyl (C=O) groups excluding carboxylic acids is 1. The molecule has 1 saturated heterocycles. The van der Waals surface area contributed by atoms with Gasteiger partial charge in [0.25, 0.3) is 0 Å². The Hall–Kier alpha value is -3.52. The quantitative estimate of drug-likeness (QED) is 0.340. The number of carbonyl (C=O) groups is 1. The number of hydrogen-bond acceptors (Lipinski definition) is 6. The summed E-state index contributed by atoms with van der Waals surface area (Å²) >= 11 is 0. The van der Waals surface area contributed by atoms with Gasteiger partial charge in [0.2, 0.25) is 0 Å². The third kappa shape index (κ3) is 5.59. The van der Waals surface area contributed by atoms with Crippen LogP contribution in [0.1, 0.15) is 45.4 Å². The number of benzene rings is 2. The minimum Gasteiger partial charge on any atom is -0.497 e. The molecule has 4 rings (SSSR count). The molecule has 2 aromatic carbocycles. The van der Waals surface area contributed by atoms with Crippen LogP contribution < -0.4 is 9.47 Å². The SMILES string of the molecule is CCN(O)C(=O)N1CCC(c2nc(-c3ccc(OC(C)C)cc3)c(-c3ccc(OC)cc3)o2)CC1. The van der Waals surface area contributed by atoms with Gasteiger partial charge in [-0.15, -0.1) is 0 Å². The standard InChI is InChI=1S/C27H33N3O5/c1-5-30(32)27(31)29-16-14-21(15-17-29)26-28-24(19-6-12-23(13-7-19)34-18(2)3)25(35-26)20-8-10-22(33-4)11-9-20/h6-13,18,21,32H,5,14-17H2,1-4H3. The average Bonchev–Trinajstić information content (AvgIpc) is 3.33. The fourth-order valence-electron chi connectivity index (χ4n) is 4.22. The van der Waals surface area contributed by atoms with Gasteiger partial charge in [-0.25, -0.2) is 14.8 Å². The Morgan fingerprint density at radius 2 is 1.69 bits per heavy atom. The number of amides is 2. The van der Waals surface area contributed by atoms with Crippen LogP contribution in [0.4, 0.5) is 4.79 Å². The van der Waals surface area contributed by atoms with Crippen LogP contribution >= 0.6 is 0 Å². The Kier molecular flexibility index (Phi) is 7.60. The van der Waals surface area contributed by atoms with E-state index in [1.54, 1.807) is 18.9 Å². The first kappa shape index (κ1) is 24.6. The minimum absolute atomic E-state index is 0.0853. The zero-order chi connectivity index (χ0) is 24.9. The molecule has 0 spiro atoms. The van der Waals surface area contributed by atoms with Crippen molar-refractivity contribution in [3.05, 3.63) is 54.4 Å². The van der Waals surface area contributed by atoms with Crippen molar-refractivity contribution in [1.82, 2.24) is 14.9 Å². The van der Waals surface area contributed by atoms with Gasteiger partial charge in [-0.1, -0.05) is 0 Å². The largest absolute Gasteiger partial charge is 0.497 e. The van der Waals surface area contributed by atoms with Gasteiger partial charge in [0.05, 0.1) is 13.2 Å². The lowest BCUT2D eigenvalue weighted by Crippen LogP contribution is -2.45. The molecular weight excluding hydrogens is 446 g/mol. The Labute approximate surface area is 206 Å². The molecule has 0 unspecified atom stereocenters. The van der Waals surface area contributed by atoms with Gasteiger partial charge in [-0.05, 0) is 82.1 Å². The second-order valence-corrected chi connectivity index (χ2v) is 8.91. The number of piperidine rings is 1. The van der Waals surface area contributed by atoms with Crippen molar-refractivity contribution in [2.24, 2.45) is 0 Å². The highest BCUT2D eigenvalue weighted by atomic mass is 16.5. The van der Waals surface area contributed by atoms with Crippen molar-refractivity contribution in [3.63, 3.8) is 0 Å². The van der Waals surface area contributed by atoms with Gasteiger partial charge in [0, 0.05) is 36.7 Å². The molecule has 1 N–H and O–H groups in total. The molecule has 1 aliphatic heterocycles. The smallest absolute Gasteiger partial charge is 0.343 e. The minimum atomic E-state index is -0.360. The van der Waals surface area contributed by atoms with E-state index < -0.39 is 0 Å². The topological polar surface area (TPSA) is 88.3 Å². The van der Waals surface area contributed by atoms with Crippen molar-refractivity contribution in [1.29, 1.82) is 0 Å². The van der Waals surface area contributed by atoms with E-state index in [2.05, 4.69) is 0 Å². The molecular formula is C27H33N3O5. The summed E-state index contributed by atoms with van der Waals surface area (Å²) in [6.07, 6.45) is 1.53. The lowest BCUT2D eigenvalue weighted by atomic mass is 9.97. The first-order valence-electron chi connectivity index (χ1n) is 12.1. The monoisotopic (exact) mass is 479 g/mol. The lowest BCUT2D eigenvalue weighted by Gasteiger charge is -2.32. The van der Waals surface area contributed by atoms with Crippen molar-refractivity contribution >= 4 is 6.03 Å². The van der Waals surface area contributed by atoms with E-state index in [-0.39, 0.29) is 24.6 Å². The number of hydrogen-bond donors (Lipinski definition) is 1. The molecule has 0 bridgehead atoms.